The molecule has 5 heteroatoms. The van der Waals surface area contributed by atoms with Crippen LogP contribution in [0, 0.1) is 5.92 Å². The second kappa shape index (κ2) is 5.36. The largest absolute Gasteiger partial charge is 0.345 e. The average molecular weight is 341 g/mol. The molecule has 1 aromatic carbocycles. The lowest BCUT2D eigenvalue weighted by Crippen LogP contribution is -2.48. The molecule has 2 aliphatic rings. The van der Waals surface area contributed by atoms with Crippen LogP contribution >= 0.6 is 11.6 Å². The third kappa shape index (κ3) is 2.13. The van der Waals surface area contributed by atoms with Gasteiger partial charge in [0.2, 0.25) is 0 Å². The molecule has 124 valence electrons. The smallest absolute Gasteiger partial charge is 0.110 e. The van der Waals surface area contributed by atoms with Crippen molar-refractivity contribution in [2.75, 3.05) is 13.6 Å². The maximum Gasteiger partial charge on any atom is 0.110 e. The summed E-state index contributed by atoms with van der Waals surface area (Å²) in [4.78, 5) is 10.1. The van der Waals surface area contributed by atoms with E-state index in [-0.39, 0.29) is 0 Å². The third-order valence-electron chi connectivity index (χ3n) is 5.91. The Labute approximate surface area is 146 Å². The second-order valence-corrected chi connectivity index (χ2v) is 7.74. The normalized spacial score (nSPS) is 26.7. The number of rotatable bonds is 2. The molecule has 1 aliphatic carbocycles. The van der Waals surface area contributed by atoms with E-state index >= 15 is 0 Å². The van der Waals surface area contributed by atoms with Gasteiger partial charge in [-0.15, -0.1) is 0 Å². The topological polar surface area (TPSA) is 36.9 Å². The van der Waals surface area contributed by atoms with Crippen LogP contribution in [0.5, 0.6) is 0 Å². The molecule has 24 heavy (non-hydrogen) atoms. The molecular formula is C19H21ClN4. The Hall–Kier alpha value is -1.78. The van der Waals surface area contributed by atoms with E-state index in [1.165, 1.54) is 28.5 Å². The molecule has 3 atom stereocenters. The fourth-order valence-corrected chi connectivity index (χ4v) is 5.20. The molecule has 0 radical (unpaired) electrons. The molecule has 1 saturated heterocycles. The number of likely N-dealkylation sites (tertiary alicyclic amines) is 1. The van der Waals surface area contributed by atoms with Crippen LogP contribution < -0.4 is 0 Å². The first-order valence-corrected chi connectivity index (χ1v) is 9.03. The number of benzene rings is 1. The molecule has 0 spiro atoms. The maximum absolute atomic E-state index is 6.49. The van der Waals surface area contributed by atoms with Crippen molar-refractivity contribution in [1.29, 1.82) is 0 Å². The average Bonchev–Trinajstić information content (AvgIpc) is 3.18. The quantitative estimate of drug-likeness (QED) is 0.772. The highest BCUT2D eigenvalue weighted by molar-refractivity contribution is 6.32. The number of aromatic amines is 1. The van der Waals surface area contributed by atoms with Crippen molar-refractivity contribution in [3.8, 4) is 0 Å². The number of halogens is 1. The fourth-order valence-electron chi connectivity index (χ4n) is 4.92. The van der Waals surface area contributed by atoms with Gasteiger partial charge in [-0.25, -0.2) is 4.98 Å². The van der Waals surface area contributed by atoms with Crippen LogP contribution in [0.1, 0.15) is 23.5 Å². The monoisotopic (exact) mass is 340 g/mol. The zero-order chi connectivity index (χ0) is 16.3. The molecule has 1 aliphatic heterocycles. The molecular weight excluding hydrogens is 320 g/mol. The van der Waals surface area contributed by atoms with Crippen molar-refractivity contribution in [2.45, 2.75) is 31.3 Å². The molecule has 4 nitrogen and oxygen atoms in total. The highest BCUT2D eigenvalue weighted by Crippen LogP contribution is 2.46. The van der Waals surface area contributed by atoms with Crippen molar-refractivity contribution in [3.05, 3.63) is 53.2 Å². The van der Waals surface area contributed by atoms with Crippen molar-refractivity contribution in [2.24, 2.45) is 5.92 Å². The molecule has 5 rings (SSSR count). The summed E-state index contributed by atoms with van der Waals surface area (Å²) in [6, 6.07) is 7.16. The molecule has 1 fully saturated rings. The van der Waals surface area contributed by atoms with Crippen LogP contribution in [0.25, 0.3) is 10.9 Å². The Morgan fingerprint density at radius 1 is 1.38 bits per heavy atom. The van der Waals surface area contributed by atoms with Gasteiger partial charge in [0.15, 0.2) is 0 Å². The van der Waals surface area contributed by atoms with Gasteiger partial charge >= 0.3 is 0 Å². The van der Waals surface area contributed by atoms with E-state index in [9.17, 15) is 0 Å². The Morgan fingerprint density at radius 3 is 3.12 bits per heavy atom. The van der Waals surface area contributed by atoms with Crippen LogP contribution in [0.3, 0.4) is 0 Å². The molecule has 0 amide bonds. The number of H-pyrrole nitrogens is 1. The van der Waals surface area contributed by atoms with Crippen LogP contribution in [-0.2, 0) is 13.0 Å². The molecule has 2 aromatic heterocycles. The van der Waals surface area contributed by atoms with E-state index < -0.39 is 0 Å². The Balaban J connectivity index is 1.54. The Bertz CT molecular complexity index is 882. The lowest BCUT2D eigenvalue weighted by atomic mass is 9.72. The van der Waals surface area contributed by atoms with E-state index in [4.69, 9.17) is 11.6 Å². The van der Waals surface area contributed by atoms with E-state index in [2.05, 4.69) is 50.9 Å². The van der Waals surface area contributed by atoms with E-state index in [0.29, 0.717) is 17.9 Å². The number of imidazole rings is 1. The number of fused-ring (bicyclic) bond motifs is 2. The molecule has 0 saturated carbocycles. The van der Waals surface area contributed by atoms with Gasteiger partial charge in [-0.3, -0.25) is 0 Å². The number of nitrogens with zero attached hydrogens (tertiary/aromatic N) is 3. The summed E-state index contributed by atoms with van der Waals surface area (Å²) in [5.41, 5.74) is 3.97. The van der Waals surface area contributed by atoms with Gasteiger partial charge in [-0.2, -0.15) is 0 Å². The van der Waals surface area contributed by atoms with Crippen LogP contribution in [0.2, 0.25) is 5.15 Å². The second-order valence-electron chi connectivity index (χ2n) is 7.37. The first-order chi connectivity index (χ1) is 11.7. The number of piperidine rings is 1. The molecule has 3 heterocycles. The zero-order valence-electron chi connectivity index (χ0n) is 13.7. The van der Waals surface area contributed by atoms with Gasteiger partial charge in [0.25, 0.3) is 0 Å². The molecule has 3 unspecified atom stereocenters. The number of aromatic nitrogens is 3. The minimum Gasteiger partial charge on any atom is -0.345 e. The standard InChI is InChI=1S/C19H21ClN4/c1-23-9-12(10-24-6-5-21-11-24)7-14-13-3-2-4-16-18(13)15(8-17(14)23)19(20)22-16/h2-6,11-12,14,17,22H,7-10H2,1H3. The van der Waals surface area contributed by atoms with Crippen LogP contribution in [0.4, 0.5) is 0 Å². The molecule has 3 aromatic rings. The summed E-state index contributed by atoms with van der Waals surface area (Å²) in [6.45, 7) is 2.18. The van der Waals surface area contributed by atoms with Crippen LogP contribution in [-0.4, -0.2) is 39.1 Å². The SMILES string of the molecule is CN1CC(Cn2ccnc2)CC2c3cccc4[nH]c(Cl)c(c34)CC21. The Morgan fingerprint density at radius 2 is 2.29 bits per heavy atom. The van der Waals surface area contributed by atoms with Crippen LogP contribution in [0.15, 0.2) is 36.9 Å². The first kappa shape index (κ1) is 14.6. The Kier molecular flexibility index (Phi) is 3.25. The highest BCUT2D eigenvalue weighted by Gasteiger charge is 2.40. The number of hydrogen-bond acceptors (Lipinski definition) is 2. The molecule has 0 bridgehead atoms. The zero-order valence-corrected chi connectivity index (χ0v) is 14.5. The minimum atomic E-state index is 0.551. The van der Waals surface area contributed by atoms with Gasteiger partial charge in [0.1, 0.15) is 5.15 Å². The van der Waals surface area contributed by atoms with E-state index in [1.54, 1.807) is 0 Å². The highest BCUT2D eigenvalue weighted by atomic mass is 35.5. The summed E-state index contributed by atoms with van der Waals surface area (Å²) >= 11 is 6.49. The lowest BCUT2D eigenvalue weighted by Gasteiger charge is -2.45. The summed E-state index contributed by atoms with van der Waals surface area (Å²) in [6.07, 6.45) is 8.14. The first-order valence-electron chi connectivity index (χ1n) is 8.65. The molecule has 1 N–H and O–H groups in total. The van der Waals surface area contributed by atoms with E-state index in [0.717, 1.165) is 24.7 Å². The summed E-state index contributed by atoms with van der Waals surface area (Å²) in [5, 5.41) is 2.20. The van der Waals surface area contributed by atoms with Gasteiger partial charge in [-0.1, -0.05) is 23.7 Å². The summed E-state index contributed by atoms with van der Waals surface area (Å²) in [5.74, 6) is 1.23. The summed E-state index contributed by atoms with van der Waals surface area (Å²) in [7, 11) is 2.27. The minimum absolute atomic E-state index is 0.551. The van der Waals surface area contributed by atoms with Crippen molar-refractivity contribution >= 4 is 22.5 Å². The predicted molar refractivity (Wildman–Crippen MR) is 96.5 cm³/mol. The lowest BCUT2D eigenvalue weighted by molar-refractivity contribution is 0.103. The number of nitrogens with one attached hydrogen (secondary N) is 1. The number of likely N-dealkylation sites (N-methyl/N-ethyl adjacent to an activating group) is 1. The van der Waals surface area contributed by atoms with Gasteiger partial charge in [0.05, 0.1) is 6.33 Å². The van der Waals surface area contributed by atoms with Gasteiger partial charge in [-0.05, 0) is 43.0 Å². The van der Waals surface area contributed by atoms with Crippen molar-refractivity contribution in [3.63, 3.8) is 0 Å². The van der Waals surface area contributed by atoms with Gasteiger partial charge < -0.3 is 14.5 Å². The van der Waals surface area contributed by atoms with Gasteiger partial charge in [0, 0.05) is 48.3 Å². The van der Waals surface area contributed by atoms with Crippen molar-refractivity contribution in [1.82, 2.24) is 19.4 Å². The number of hydrogen-bond donors (Lipinski definition) is 1. The summed E-state index contributed by atoms with van der Waals surface area (Å²) < 4.78 is 2.21. The van der Waals surface area contributed by atoms with E-state index in [1.807, 2.05) is 12.5 Å². The fraction of sp³-hybridized carbons (Fsp3) is 0.421. The third-order valence-corrected chi connectivity index (χ3v) is 6.24. The van der Waals surface area contributed by atoms with Crippen molar-refractivity contribution < 1.29 is 0 Å². The maximum atomic E-state index is 6.49. The predicted octanol–water partition coefficient (Wildman–Crippen LogP) is 3.68.